The van der Waals surface area contributed by atoms with Crippen LogP contribution in [0.3, 0.4) is 0 Å². The number of hydrogen-bond acceptors (Lipinski definition) is 5. The molecule has 0 unspecified atom stereocenters. The SMILES string of the molecule is COc1ccc(NC(=O)COC(=O)[C@@H]2CC(=O)N(Cc3ccccc3)C2)cc1. The zero-order valence-corrected chi connectivity index (χ0v) is 15.6. The summed E-state index contributed by atoms with van der Waals surface area (Å²) in [5, 5.41) is 2.64. The van der Waals surface area contributed by atoms with Crippen LogP contribution in [0.5, 0.6) is 5.75 Å². The van der Waals surface area contributed by atoms with Gasteiger partial charge in [0.1, 0.15) is 5.75 Å². The van der Waals surface area contributed by atoms with Crippen LogP contribution in [0.25, 0.3) is 0 Å². The maximum Gasteiger partial charge on any atom is 0.311 e. The maximum absolute atomic E-state index is 12.2. The van der Waals surface area contributed by atoms with Gasteiger partial charge in [0.05, 0.1) is 13.0 Å². The first kappa shape index (κ1) is 19.4. The number of methoxy groups -OCH3 is 1. The van der Waals surface area contributed by atoms with Gasteiger partial charge in [-0.2, -0.15) is 0 Å². The van der Waals surface area contributed by atoms with Crippen molar-refractivity contribution in [3.05, 3.63) is 60.2 Å². The number of carbonyl (C=O) groups excluding carboxylic acids is 3. The van der Waals surface area contributed by atoms with Crippen LogP contribution in [-0.4, -0.2) is 42.9 Å². The summed E-state index contributed by atoms with van der Waals surface area (Å²) in [5.74, 6) is -0.938. The number of amides is 2. The third kappa shape index (κ3) is 5.09. The lowest BCUT2D eigenvalue weighted by Gasteiger charge is -2.16. The first-order valence-electron chi connectivity index (χ1n) is 8.97. The van der Waals surface area contributed by atoms with Gasteiger partial charge in [-0.25, -0.2) is 0 Å². The molecular weight excluding hydrogens is 360 g/mol. The molecule has 0 spiro atoms. The molecule has 1 atom stereocenters. The summed E-state index contributed by atoms with van der Waals surface area (Å²) >= 11 is 0. The van der Waals surface area contributed by atoms with Crippen LogP contribution in [0.15, 0.2) is 54.6 Å². The molecule has 146 valence electrons. The molecule has 1 heterocycles. The highest BCUT2D eigenvalue weighted by Gasteiger charge is 2.35. The van der Waals surface area contributed by atoms with Gasteiger partial charge in [0, 0.05) is 25.2 Å². The van der Waals surface area contributed by atoms with Crippen molar-refractivity contribution in [1.82, 2.24) is 4.90 Å². The van der Waals surface area contributed by atoms with Crippen molar-refractivity contribution in [2.45, 2.75) is 13.0 Å². The Hall–Kier alpha value is -3.35. The number of benzene rings is 2. The number of rotatable bonds is 7. The van der Waals surface area contributed by atoms with E-state index in [9.17, 15) is 14.4 Å². The van der Waals surface area contributed by atoms with Gasteiger partial charge in [0.15, 0.2) is 6.61 Å². The van der Waals surface area contributed by atoms with Gasteiger partial charge in [-0.05, 0) is 29.8 Å². The summed E-state index contributed by atoms with van der Waals surface area (Å²) in [4.78, 5) is 38.0. The number of nitrogens with zero attached hydrogens (tertiary/aromatic N) is 1. The lowest BCUT2D eigenvalue weighted by atomic mass is 10.1. The summed E-state index contributed by atoms with van der Waals surface area (Å²) in [6, 6.07) is 16.4. The Morgan fingerprint density at radius 1 is 1.11 bits per heavy atom. The lowest BCUT2D eigenvalue weighted by molar-refractivity contribution is -0.151. The molecular formula is C21H22N2O5. The fourth-order valence-corrected chi connectivity index (χ4v) is 3.01. The zero-order valence-electron chi connectivity index (χ0n) is 15.6. The molecule has 7 heteroatoms. The standard InChI is InChI=1S/C21H22N2O5/c1-27-18-9-7-17(8-10-18)22-19(24)14-28-21(26)16-11-20(25)23(13-16)12-15-5-3-2-4-6-15/h2-10,16H,11-14H2,1H3,(H,22,24)/t16-/m1/s1. The van der Waals surface area contributed by atoms with Crippen LogP contribution >= 0.6 is 0 Å². The third-order valence-corrected chi connectivity index (χ3v) is 4.48. The van der Waals surface area contributed by atoms with E-state index in [1.54, 1.807) is 36.3 Å². The Morgan fingerprint density at radius 2 is 1.82 bits per heavy atom. The van der Waals surface area contributed by atoms with E-state index in [1.165, 1.54) is 0 Å². The van der Waals surface area contributed by atoms with E-state index in [2.05, 4.69) is 5.32 Å². The van der Waals surface area contributed by atoms with E-state index >= 15 is 0 Å². The molecule has 1 aliphatic heterocycles. The summed E-state index contributed by atoms with van der Waals surface area (Å²) in [5.41, 5.74) is 1.58. The largest absolute Gasteiger partial charge is 0.497 e. The third-order valence-electron chi connectivity index (χ3n) is 4.48. The van der Waals surface area contributed by atoms with Crippen molar-refractivity contribution in [2.75, 3.05) is 25.6 Å². The van der Waals surface area contributed by atoms with Crippen molar-refractivity contribution in [3.8, 4) is 5.75 Å². The number of carbonyl (C=O) groups is 3. The summed E-state index contributed by atoms with van der Waals surface area (Å²) < 4.78 is 10.1. The molecule has 2 amide bonds. The van der Waals surface area contributed by atoms with Crippen LogP contribution in [0.2, 0.25) is 0 Å². The molecule has 2 aromatic carbocycles. The van der Waals surface area contributed by atoms with E-state index in [0.29, 0.717) is 24.5 Å². The number of nitrogens with one attached hydrogen (secondary N) is 1. The minimum absolute atomic E-state index is 0.0894. The fraction of sp³-hybridized carbons (Fsp3) is 0.286. The molecule has 1 saturated heterocycles. The molecule has 28 heavy (non-hydrogen) atoms. The second kappa shape index (κ2) is 9.03. The highest BCUT2D eigenvalue weighted by Crippen LogP contribution is 2.21. The van der Waals surface area contributed by atoms with Crippen molar-refractivity contribution >= 4 is 23.5 Å². The minimum Gasteiger partial charge on any atom is -0.497 e. The maximum atomic E-state index is 12.2. The van der Waals surface area contributed by atoms with Gasteiger partial charge < -0.3 is 19.7 Å². The Kier molecular flexibility index (Phi) is 6.26. The molecule has 1 fully saturated rings. The summed E-state index contributed by atoms with van der Waals surface area (Å²) in [6.07, 6.45) is 0.103. The van der Waals surface area contributed by atoms with Gasteiger partial charge in [-0.3, -0.25) is 14.4 Å². The number of esters is 1. The topological polar surface area (TPSA) is 84.9 Å². The molecule has 0 radical (unpaired) electrons. The first-order valence-corrected chi connectivity index (χ1v) is 8.97. The number of likely N-dealkylation sites (tertiary alicyclic amines) is 1. The molecule has 0 saturated carbocycles. The summed E-state index contributed by atoms with van der Waals surface area (Å²) in [7, 11) is 1.56. The average molecular weight is 382 g/mol. The average Bonchev–Trinajstić information content (AvgIpc) is 3.08. The lowest BCUT2D eigenvalue weighted by Crippen LogP contribution is -2.28. The second-order valence-electron chi connectivity index (χ2n) is 6.55. The van der Waals surface area contributed by atoms with Gasteiger partial charge in [0.25, 0.3) is 5.91 Å². The highest BCUT2D eigenvalue weighted by atomic mass is 16.5. The molecule has 0 aliphatic carbocycles. The minimum atomic E-state index is -0.551. The normalized spacial score (nSPS) is 16.0. The van der Waals surface area contributed by atoms with Crippen LogP contribution in [-0.2, 0) is 25.7 Å². The van der Waals surface area contributed by atoms with Crippen molar-refractivity contribution < 1.29 is 23.9 Å². The van der Waals surface area contributed by atoms with Gasteiger partial charge in [0.2, 0.25) is 5.91 Å². The quantitative estimate of drug-likeness (QED) is 0.743. The Bertz CT molecular complexity index is 836. The predicted octanol–water partition coefficient (Wildman–Crippen LogP) is 2.23. The van der Waals surface area contributed by atoms with Crippen molar-refractivity contribution in [1.29, 1.82) is 0 Å². The van der Waals surface area contributed by atoms with Gasteiger partial charge >= 0.3 is 5.97 Å². The Morgan fingerprint density at radius 3 is 2.50 bits per heavy atom. The Labute approximate surface area is 163 Å². The highest BCUT2D eigenvalue weighted by molar-refractivity contribution is 5.93. The smallest absolute Gasteiger partial charge is 0.311 e. The second-order valence-corrected chi connectivity index (χ2v) is 6.55. The number of hydrogen-bond donors (Lipinski definition) is 1. The van der Waals surface area contributed by atoms with E-state index < -0.39 is 24.4 Å². The monoisotopic (exact) mass is 382 g/mol. The van der Waals surface area contributed by atoms with Crippen LogP contribution in [0, 0.1) is 5.92 Å². The summed E-state index contributed by atoms with van der Waals surface area (Å²) in [6.45, 7) is 0.363. The molecule has 3 rings (SSSR count). The predicted molar refractivity (Wildman–Crippen MR) is 103 cm³/mol. The molecule has 2 aromatic rings. The van der Waals surface area contributed by atoms with E-state index in [1.807, 2.05) is 30.3 Å². The fourth-order valence-electron chi connectivity index (χ4n) is 3.01. The van der Waals surface area contributed by atoms with Crippen molar-refractivity contribution in [3.63, 3.8) is 0 Å². The van der Waals surface area contributed by atoms with Gasteiger partial charge in [-0.15, -0.1) is 0 Å². The van der Waals surface area contributed by atoms with E-state index in [-0.39, 0.29) is 12.3 Å². The van der Waals surface area contributed by atoms with E-state index in [0.717, 1.165) is 5.56 Å². The van der Waals surface area contributed by atoms with Crippen LogP contribution in [0.1, 0.15) is 12.0 Å². The van der Waals surface area contributed by atoms with Crippen LogP contribution in [0.4, 0.5) is 5.69 Å². The van der Waals surface area contributed by atoms with Gasteiger partial charge in [-0.1, -0.05) is 30.3 Å². The Balaban J connectivity index is 1.45. The van der Waals surface area contributed by atoms with Crippen LogP contribution < -0.4 is 10.1 Å². The zero-order chi connectivity index (χ0) is 19.9. The molecule has 7 nitrogen and oxygen atoms in total. The van der Waals surface area contributed by atoms with Crippen molar-refractivity contribution in [2.24, 2.45) is 5.92 Å². The first-order chi connectivity index (χ1) is 13.5. The molecule has 0 bridgehead atoms. The number of anilines is 1. The molecule has 1 aliphatic rings. The molecule has 1 N–H and O–H groups in total. The van der Waals surface area contributed by atoms with E-state index in [4.69, 9.17) is 9.47 Å². The number of ether oxygens (including phenoxy) is 2. The molecule has 0 aromatic heterocycles.